The molecule has 1 aromatic carbocycles. The number of carbonyl (C=O) groups excluding carboxylic acids is 1. The molecule has 1 aromatic heterocycles. The molecule has 0 bridgehead atoms. The number of nitrogens with zero attached hydrogens (tertiary/aromatic N) is 3. The third-order valence-corrected chi connectivity index (χ3v) is 5.11. The molecular formula is C20H28N4O3. The summed E-state index contributed by atoms with van der Waals surface area (Å²) in [7, 11) is 1.64. The molecule has 1 aliphatic heterocycles. The van der Waals surface area contributed by atoms with Crippen molar-refractivity contribution in [3.8, 4) is 5.75 Å². The van der Waals surface area contributed by atoms with Crippen molar-refractivity contribution in [1.82, 2.24) is 15.0 Å². The molecule has 2 aromatic rings. The van der Waals surface area contributed by atoms with E-state index in [1.807, 2.05) is 43.9 Å². The van der Waals surface area contributed by atoms with Crippen molar-refractivity contribution in [1.29, 1.82) is 0 Å². The highest BCUT2D eigenvalue weighted by Crippen LogP contribution is 2.22. The number of anilines is 1. The molecule has 3 rings (SSSR count). The quantitative estimate of drug-likeness (QED) is 0.891. The number of amides is 2. The molecule has 0 aliphatic carbocycles. The van der Waals surface area contributed by atoms with Crippen LogP contribution in [0.5, 0.6) is 5.75 Å². The van der Waals surface area contributed by atoms with Crippen LogP contribution in [0.2, 0.25) is 0 Å². The van der Waals surface area contributed by atoms with Gasteiger partial charge in [-0.1, -0.05) is 5.16 Å². The second-order valence-corrected chi connectivity index (χ2v) is 7.03. The van der Waals surface area contributed by atoms with E-state index in [0.29, 0.717) is 6.54 Å². The van der Waals surface area contributed by atoms with E-state index in [-0.39, 0.29) is 6.03 Å². The molecule has 0 unspecified atom stereocenters. The number of aryl methyl sites for hydroxylation is 3. The molecule has 2 amide bonds. The number of hydrogen-bond acceptors (Lipinski definition) is 5. The van der Waals surface area contributed by atoms with Crippen LogP contribution in [-0.4, -0.2) is 54.3 Å². The van der Waals surface area contributed by atoms with E-state index >= 15 is 0 Å². The first kappa shape index (κ1) is 19.2. The Labute approximate surface area is 160 Å². The highest BCUT2D eigenvalue weighted by molar-refractivity contribution is 5.90. The second kappa shape index (κ2) is 8.43. The van der Waals surface area contributed by atoms with Crippen LogP contribution in [0.1, 0.15) is 29.0 Å². The molecule has 146 valence electrons. The van der Waals surface area contributed by atoms with Gasteiger partial charge in [0.15, 0.2) is 0 Å². The molecular weight excluding hydrogens is 344 g/mol. The zero-order valence-electron chi connectivity index (χ0n) is 16.5. The van der Waals surface area contributed by atoms with Gasteiger partial charge in [0.25, 0.3) is 0 Å². The lowest BCUT2D eigenvalue weighted by Gasteiger charge is -2.23. The summed E-state index contributed by atoms with van der Waals surface area (Å²) >= 11 is 0. The number of benzene rings is 1. The fraction of sp³-hybridized carbons (Fsp3) is 0.500. The molecule has 1 N–H and O–H groups in total. The Kier molecular flexibility index (Phi) is 6.01. The van der Waals surface area contributed by atoms with Crippen LogP contribution in [-0.2, 0) is 6.54 Å². The zero-order chi connectivity index (χ0) is 19.4. The Hall–Kier alpha value is -2.54. The van der Waals surface area contributed by atoms with Crippen molar-refractivity contribution in [2.45, 2.75) is 33.7 Å². The van der Waals surface area contributed by atoms with Gasteiger partial charge >= 0.3 is 6.03 Å². The van der Waals surface area contributed by atoms with Gasteiger partial charge in [-0.05, 0) is 51.0 Å². The molecule has 2 heterocycles. The fourth-order valence-corrected chi connectivity index (χ4v) is 3.38. The Balaban J connectivity index is 1.58. The number of aromatic nitrogens is 1. The Bertz CT molecular complexity index is 783. The lowest BCUT2D eigenvalue weighted by molar-refractivity contribution is 0.211. The minimum absolute atomic E-state index is 0.0533. The second-order valence-electron chi connectivity index (χ2n) is 7.03. The molecule has 7 nitrogen and oxygen atoms in total. The summed E-state index contributed by atoms with van der Waals surface area (Å²) in [5.41, 5.74) is 3.90. The molecule has 0 atom stereocenters. The van der Waals surface area contributed by atoms with E-state index in [4.69, 9.17) is 9.26 Å². The van der Waals surface area contributed by atoms with Gasteiger partial charge in [0.1, 0.15) is 11.5 Å². The Morgan fingerprint density at radius 2 is 2.04 bits per heavy atom. The van der Waals surface area contributed by atoms with Gasteiger partial charge in [0, 0.05) is 44.0 Å². The van der Waals surface area contributed by atoms with Crippen LogP contribution < -0.4 is 10.1 Å². The van der Waals surface area contributed by atoms with E-state index < -0.39 is 0 Å². The van der Waals surface area contributed by atoms with Gasteiger partial charge in [-0.15, -0.1) is 0 Å². The van der Waals surface area contributed by atoms with Crippen molar-refractivity contribution in [2.24, 2.45) is 0 Å². The highest BCUT2D eigenvalue weighted by Gasteiger charge is 2.21. The molecule has 0 spiro atoms. The van der Waals surface area contributed by atoms with E-state index in [1.54, 1.807) is 7.11 Å². The SMILES string of the molecule is COc1ccc(NC(=O)N2CCCN(Cc3c(C)noc3C)CC2)c(C)c1. The van der Waals surface area contributed by atoms with Crippen molar-refractivity contribution in [3.05, 3.63) is 40.8 Å². The van der Waals surface area contributed by atoms with Gasteiger partial charge < -0.3 is 19.5 Å². The van der Waals surface area contributed by atoms with Gasteiger partial charge in [0.2, 0.25) is 0 Å². The summed E-state index contributed by atoms with van der Waals surface area (Å²) in [4.78, 5) is 16.9. The molecule has 1 aliphatic rings. The number of nitrogens with one attached hydrogen (secondary N) is 1. The molecule has 0 radical (unpaired) electrons. The average Bonchev–Trinajstić information content (AvgIpc) is 2.86. The zero-order valence-corrected chi connectivity index (χ0v) is 16.5. The van der Waals surface area contributed by atoms with E-state index in [2.05, 4.69) is 15.4 Å². The Morgan fingerprint density at radius 1 is 1.22 bits per heavy atom. The van der Waals surface area contributed by atoms with Crippen molar-refractivity contribution in [3.63, 3.8) is 0 Å². The number of carbonyl (C=O) groups is 1. The molecule has 1 saturated heterocycles. The summed E-state index contributed by atoms with van der Waals surface area (Å²) in [6.07, 6.45) is 0.943. The minimum Gasteiger partial charge on any atom is -0.497 e. The maximum atomic E-state index is 12.7. The maximum absolute atomic E-state index is 12.7. The molecule has 7 heteroatoms. The van der Waals surface area contributed by atoms with Crippen LogP contribution in [0.4, 0.5) is 10.5 Å². The van der Waals surface area contributed by atoms with Crippen LogP contribution in [0.3, 0.4) is 0 Å². The predicted molar refractivity (Wildman–Crippen MR) is 104 cm³/mol. The highest BCUT2D eigenvalue weighted by atomic mass is 16.5. The molecule has 1 fully saturated rings. The normalized spacial score (nSPS) is 15.5. The number of hydrogen-bond donors (Lipinski definition) is 1. The lowest BCUT2D eigenvalue weighted by atomic mass is 10.2. The van der Waals surface area contributed by atoms with Gasteiger partial charge in [-0.25, -0.2) is 4.79 Å². The molecule has 27 heavy (non-hydrogen) atoms. The largest absolute Gasteiger partial charge is 0.497 e. The monoisotopic (exact) mass is 372 g/mol. The van der Waals surface area contributed by atoms with Crippen molar-refractivity contribution in [2.75, 3.05) is 38.6 Å². The average molecular weight is 372 g/mol. The van der Waals surface area contributed by atoms with Crippen LogP contribution in [0, 0.1) is 20.8 Å². The number of rotatable bonds is 4. The van der Waals surface area contributed by atoms with Gasteiger partial charge in [0.05, 0.1) is 12.8 Å². The van der Waals surface area contributed by atoms with Crippen molar-refractivity contribution < 1.29 is 14.1 Å². The fourth-order valence-electron chi connectivity index (χ4n) is 3.38. The topological polar surface area (TPSA) is 70.8 Å². The van der Waals surface area contributed by atoms with Gasteiger partial charge in [-0.3, -0.25) is 4.90 Å². The summed E-state index contributed by atoms with van der Waals surface area (Å²) in [6, 6.07) is 5.61. The van der Waals surface area contributed by atoms with E-state index in [9.17, 15) is 4.79 Å². The summed E-state index contributed by atoms with van der Waals surface area (Å²) in [5, 5.41) is 7.06. The standard InChI is InChI=1S/C20H28N4O3/c1-14-12-17(26-4)6-7-19(14)21-20(25)24-9-5-8-23(10-11-24)13-18-15(2)22-27-16(18)3/h6-7,12H,5,8-11,13H2,1-4H3,(H,21,25). The van der Waals surface area contributed by atoms with E-state index in [0.717, 1.165) is 66.6 Å². The Morgan fingerprint density at radius 3 is 2.70 bits per heavy atom. The number of methoxy groups -OCH3 is 1. The smallest absolute Gasteiger partial charge is 0.321 e. The predicted octanol–water partition coefficient (Wildman–Crippen LogP) is 3.35. The van der Waals surface area contributed by atoms with Crippen LogP contribution in [0.15, 0.2) is 22.7 Å². The maximum Gasteiger partial charge on any atom is 0.321 e. The first-order valence-corrected chi connectivity index (χ1v) is 9.32. The third-order valence-electron chi connectivity index (χ3n) is 5.11. The summed E-state index contributed by atoms with van der Waals surface area (Å²) in [6.45, 7) is 9.93. The molecule has 0 saturated carbocycles. The van der Waals surface area contributed by atoms with Crippen LogP contribution >= 0.6 is 0 Å². The summed E-state index contributed by atoms with van der Waals surface area (Å²) < 4.78 is 10.5. The first-order valence-electron chi connectivity index (χ1n) is 9.32. The number of ether oxygens (including phenoxy) is 1. The van der Waals surface area contributed by atoms with Crippen molar-refractivity contribution >= 4 is 11.7 Å². The van der Waals surface area contributed by atoms with Crippen LogP contribution in [0.25, 0.3) is 0 Å². The minimum atomic E-state index is -0.0533. The number of urea groups is 1. The summed E-state index contributed by atoms with van der Waals surface area (Å²) in [5.74, 6) is 1.66. The lowest BCUT2D eigenvalue weighted by Crippen LogP contribution is -2.38. The third kappa shape index (κ3) is 4.60. The van der Waals surface area contributed by atoms with E-state index in [1.165, 1.54) is 0 Å². The van der Waals surface area contributed by atoms with Gasteiger partial charge in [-0.2, -0.15) is 0 Å². The first-order chi connectivity index (χ1) is 13.0.